The molecule has 5 nitrogen and oxygen atoms in total. The number of para-hydroxylation sites is 1. The van der Waals surface area contributed by atoms with E-state index in [4.69, 9.17) is 9.47 Å². The molecule has 24 heavy (non-hydrogen) atoms. The van der Waals surface area contributed by atoms with Gasteiger partial charge in [-0.15, -0.1) is 0 Å². The first kappa shape index (κ1) is 15.9. The van der Waals surface area contributed by atoms with Crippen molar-refractivity contribution in [3.05, 3.63) is 47.8 Å². The van der Waals surface area contributed by atoms with E-state index in [0.29, 0.717) is 39.2 Å². The largest absolute Gasteiger partial charge is 0.493 e. The quantitative estimate of drug-likeness (QED) is 0.750. The lowest BCUT2D eigenvalue weighted by Gasteiger charge is -2.12. The molecule has 0 aliphatic heterocycles. The number of aromatic amines is 1. The zero-order valence-electron chi connectivity index (χ0n) is 13.2. The first-order valence-corrected chi connectivity index (χ1v) is 7.28. The first-order chi connectivity index (χ1) is 11.5. The lowest BCUT2D eigenvalue weighted by atomic mass is 10.0. The van der Waals surface area contributed by atoms with Crippen molar-refractivity contribution < 1.29 is 23.8 Å². The second kappa shape index (κ2) is 6.23. The molecule has 0 spiro atoms. The highest BCUT2D eigenvalue weighted by atomic mass is 19.1. The summed E-state index contributed by atoms with van der Waals surface area (Å²) in [6.45, 7) is 0. The number of carbonyl (C=O) groups is 1. The van der Waals surface area contributed by atoms with Gasteiger partial charge >= 0.3 is 5.97 Å². The van der Waals surface area contributed by atoms with E-state index in [2.05, 4.69) is 4.98 Å². The Kier molecular flexibility index (Phi) is 4.12. The number of carboxylic acids is 1. The van der Waals surface area contributed by atoms with Crippen molar-refractivity contribution in [2.24, 2.45) is 0 Å². The summed E-state index contributed by atoms with van der Waals surface area (Å²) in [5, 5.41) is 9.79. The van der Waals surface area contributed by atoms with Crippen molar-refractivity contribution in [1.29, 1.82) is 0 Å². The van der Waals surface area contributed by atoms with Crippen LogP contribution < -0.4 is 9.47 Å². The van der Waals surface area contributed by atoms with Gasteiger partial charge in [-0.05, 0) is 35.9 Å². The van der Waals surface area contributed by atoms with Crippen LogP contribution in [0.25, 0.3) is 22.2 Å². The van der Waals surface area contributed by atoms with E-state index in [1.54, 1.807) is 24.3 Å². The van der Waals surface area contributed by atoms with E-state index in [1.807, 2.05) is 0 Å². The molecular weight excluding hydrogens is 313 g/mol. The number of hydrogen-bond acceptors (Lipinski definition) is 3. The number of H-pyrrole nitrogens is 1. The predicted octanol–water partition coefficient (Wildman–Crippen LogP) is 3.62. The van der Waals surface area contributed by atoms with Crippen molar-refractivity contribution in [3.63, 3.8) is 0 Å². The molecule has 0 saturated heterocycles. The van der Waals surface area contributed by atoms with Crippen LogP contribution in [0.2, 0.25) is 0 Å². The smallest absolute Gasteiger partial charge is 0.307 e. The fourth-order valence-corrected chi connectivity index (χ4v) is 2.87. The van der Waals surface area contributed by atoms with Gasteiger partial charge < -0.3 is 19.6 Å². The van der Waals surface area contributed by atoms with Gasteiger partial charge in [0.2, 0.25) is 0 Å². The van der Waals surface area contributed by atoms with E-state index in [1.165, 1.54) is 26.4 Å². The average Bonchev–Trinajstić information content (AvgIpc) is 2.91. The molecule has 3 rings (SSSR count). The number of fused-ring (bicyclic) bond motifs is 1. The van der Waals surface area contributed by atoms with Gasteiger partial charge in [0.15, 0.2) is 11.5 Å². The number of carboxylic acid groups (broad SMARTS) is 1. The minimum absolute atomic E-state index is 0.237. The molecule has 0 amide bonds. The Labute approximate surface area is 137 Å². The van der Waals surface area contributed by atoms with Gasteiger partial charge in [-0.3, -0.25) is 4.79 Å². The fourth-order valence-electron chi connectivity index (χ4n) is 2.87. The van der Waals surface area contributed by atoms with Crippen LogP contribution in [0.15, 0.2) is 36.4 Å². The van der Waals surface area contributed by atoms with Crippen molar-refractivity contribution in [1.82, 2.24) is 4.98 Å². The van der Waals surface area contributed by atoms with Gasteiger partial charge in [-0.1, -0.05) is 6.07 Å². The summed E-state index contributed by atoms with van der Waals surface area (Å²) >= 11 is 0. The van der Waals surface area contributed by atoms with Gasteiger partial charge in [0.25, 0.3) is 0 Å². The van der Waals surface area contributed by atoms with E-state index in [-0.39, 0.29) is 6.42 Å². The third-order valence-electron chi connectivity index (χ3n) is 3.87. The Morgan fingerprint density at radius 3 is 2.67 bits per heavy atom. The molecule has 1 heterocycles. The molecule has 6 heteroatoms. The molecule has 0 aliphatic rings. The normalized spacial score (nSPS) is 10.8. The number of benzene rings is 2. The highest BCUT2D eigenvalue weighted by Gasteiger charge is 2.20. The van der Waals surface area contributed by atoms with Gasteiger partial charge in [0.1, 0.15) is 5.82 Å². The van der Waals surface area contributed by atoms with Crippen molar-refractivity contribution in [2.45, 2.75) is 6.42 Å². The third kappa shape index (κ3) is 2.67. The highest BCUT2D eigenvalue weighted by Crippen LogP contribution is 2.41. The second-order valence-corrected chi connectivity index (χ2v) is 5.28. The Morgan fingerprint density at radius 1 is 1.21 bits per heavy atom. The van der Waals surface area contributed by atoms with Crippen LogP contribution in [0.5, 0.6) is 11.5 Å². The molecule has 2 aromatic carbocycles. The van der Waals surface area contributed by atoms with Crippen LogP contribution in [0, 0.1) is 5.82 Å². The van der Waals surface area contributed by atoms with Crippen LogP contribution >= 0.6 is 0 Å². The van der Waals surface area contributed by atoms with Crippen molar-refractivity contribution in [3.8, 4) is 22.8 Å². The molecule has 0 aliphatic carbocycles. The number of aromatic nitrogens is 1. The summed E-state index contributed by atoms with van der Waals surface area (Å²) in [4.78, 5) is 14.5. The molecule has 0 saturated carbocycles. The van der Waals surface area contributed by atoms with Crippen LogP contribution in [0.3, 0.4) is 0 Å². The zero-order chi connectivity index (χ0) is 17.3. The first-order valence-electron chi connectivity index (χ1n) is 7.28. The molecule has 0 fully saturated rings. The SMILES string of the molecule is COc1cccc(-c2[nH]c3ccc(F)cc3c2CC(=O)O)c1OC. The van der Waals surface area contributed by atoms with Crippen molar-refractivity contribution >= 4 is 16.9 Å². The monoisotopic (exact) mass is 329 g/mol. The van der Waals surface area contributed by atoms with Gasteiger partial charge in [0, 0.05) is 16.5 Å². The molecular formula is C18H16FNO4. The minimum Gasteiger partial charge on any atom is -0.493 e. The van der Waals surface area contributed by atoms with Crippen LogP contribution in [-0.2, 0) is 11.2 Å². The summed E-state index contributed by atoms with van der Waals surface area (Å²) in [5.41, 5.74) is 2.40. The maximum Gasteiger partial charge on any atom is 0.307 e. The molecule has 0 bridgehead atoms. The van der Waals surface area contributed by atoms with E-state index in [0.717, 1.165) is 0 Å². The number of methoxy groups -OCH3 is 2. The maximum absolute atomic E-state index is 13.6. The van der Waals surface area contributed by atoms with Gasteiger partial charge in [-0.25, -0.2) is 4.39 Å². The minimum atomic E-state index is -0.997. The number of nitrogens with one attached hydrogen (secondary N) is 1. The number of rotatable bonds is 5. The summed E-state index contributed by atoms with van der Waals surface area (Å²) in [6, 6.07) is 9.59. The topological polar surface area (TPSA) is 71.6 Å². The number of halogens is 1. The summed E-state index contributed by atoms with van der Waals surface area (Å²) in [5.74, 6) is -0.402. The van der Waals surface area contributed by atoms with Crippen molar-refractivity contribution in [2.75, 3.05) is 14.2 Å². The molecule has 2 N–H and O–H groups in total. The van der Waals surface area contributed by atoms with E-state index >= 15 is 0 Å². The van der Waals surface area contributed by atoms with Crippen LogP contribution in [0.1, 0.15) is 5.56 Å². The van der Waals surface area contributed by atoms with Gasteiger partial charge in [0.05, 0.1) is 26.3 Å². The van der Waals surface area contributed by atoms with Crippen LogP contribution in [-0.4, -0.2) is 30.3 Å². The Balaban J connectivity index is 2.32. The maximum atomic E-state index is 13.6. The summed E-state index contributed by atoms with van der Waals surface area (Å²) in [7, 11) is 3.04. The third-order valence-corrected chi connectivity index (χ3v) is 3.87. The molecule has 124 valence electrons. The summed E-state index contributed by atoms with van der Waals surface area (Å²) < 4.78 is 24.4. The van der Waals surface area contributed by atoms with Gasteiger partial charge in [-0.2, -0.15) is 0 Å². The number of hydrogen-bond donors (Lipinski definition) is 2. The zero-order valence-corrected chi connectivity index (χ0v) is 13.2. The van der Waals surface area contributed by atoms with E-state index in [9.17, 15) is 14.3 Å². The highest BCUT2D eigenvalue weighted by molar-refractivity contribution is 5.95. The number of ether oxygens (including phenoxy) is 2. The predicted molar refractivity (Wildman–Crippen MR) is 88.1 cm³/mol. The fraction of sp³-hybridized carbons (Fsp3) is 0.167. The second-order valence-electron chi connectivity index (χ2n) is 5.28. The van der Waals surface area contributed by atoms with Crippen LogP contribution in [0.4, 0.5) is 4.39 Å². The molecule has 0 radical (unpaired) electrons. The molecule has 1 aromatic heterocycles. The standard InChI is InChI=1S/C18H16FNO4/c1-23-15-5-3-4-11(18(15)24-2)17-13(9-16(21)22)12-8-10(19)6-7-14(12)20-17/h3-8,20H,9H2,1-2H3,(H,21,22). The lowest BCUT2D eigenvalue weighted by Crippen LogP contribution is -2.02. The Morgan fingerprint density at radius 2 is 2.00 bits per heavy atom. The van der Waals surface area contributed by atoms with E-state index < -0.39 is 11.8 Å². The molecule has 3 aromatic rings. The average molecular weight is 329 g/mol. The lowest BCUT2D eigenvalue weighted by molar-refractivity contribution is -0.136. The summed E-state index contributed by atoms with van der Waals surface area (Å²) in [6.07, 6.45) is -0.237. The molecule has 0 atom stereocenters. The Bertz CT molecular complexity index is 917. The Hall–Kier alpha value is -3.02. The molecule has 0 unspecified atom stereocenters. The number of aliphatic carboxylic acids is 1.